The quantitative estimate of drug-likeness (QED) is 0.823. The number of anilines is 1. The summed E-state index contributed by atoms with van der Waals surface area (Å²) < 4.78 is 0. The maximum Gasteiger partial charge on any atom is 0.236 e. The van der Waals surface area contributed by atoms with E-state index in [9.17, 15) is 4.79 Å². The highest BCUT2D eigenvalue weighted by Gasteiger charge is 2.23. The molecule has 5 nitrogen and oxygen atoms in total. The van der Waals surface area contributed by atoms with Gasteiger partial charge in [0.05, 0.1) is 6.54 Å². The molecule has 1 aromatic rings. The molecule has 1 aromatic carbocycles. The Morgan fingerprint density at radius 1 is 1.00 bits per heavy atom. The smallest absolute Gasteiger partial charge is 0.236 e. The molecule has 1 N–H and O–H groups in total. The van der Waals surface area contributed by atoms with Gasteiger partial charge >= 0.3 is 0 Å². The molecule has 0 aromatic heterocycles. The van der Waals surface area contributed by atoms with Crippen LogP contribution in [0.2, 0.25) is 0 Å². The van der Waals surface area contributed by atoms with Gasteiger partial charge in [0.15, 0.2) is 0 Å². The molecule has 1 amide bonds. The van der Waals surface area contributed by atoms with E-state index in [0.29, 0.717) is 6.54 Å². The van der Waals surface area contributed by atoms with Gasteiger partial charge in [-0.15, -0.1) is 37.2 Å². The number of aryl methyl sites for hydroxylation is 1. The summed E-state index contributed by atoms with van der Waals surface area (Å²) in [5, 5.41) is 3.32. The van der Waals surface area contributed by atoms with Crippen LogP contribution in [0.15, 0.2) is 24.3 Å². The minimum Gasteiger partial charge on any atom is -0.368 e. The van der Waals surface area contributed by atoms with Crippen molar-refractivity contribution < 1.29 is 4.79 Å². The molecule has 0 unspecified atom stereocenters. The Morgan fingerprint density at radius 3 is 2.24 bits per heavy atom. The van der Waals surface area contributed by atoms with E-state index in [1.807, 2.05) is 4.90 Å². The third-order valence-electron chi connectivity index (χ3n) is 4.57. The monoisotopic (exact) mass is 410 g/mol. The second-order valence-corrected chi connectivity index (χ2v) is 6.23. The Labute approximate surface area is 169 Å². The third kappa shape index (κ3) is 6.83. The molecule has 0 radical (unpaired) electrons. The Bertz CT molecular complexity index is 518. The molecule has 0 bridgehead atoms. The lowest BCUT2D eigenvalue weighted by Crippen LogP contribution is -2.53. The Hall–Kier alpha value is -0.720. The topological polar surface area (TPSA) is 38.8 Å². The van der Waals surface area contributed by atoms with E-state index in [0.717, 1.165) is 52.4 Å². The average Bonchev–Trinajstić information content (AvgIpc) is 2.56. The van der Waals surface area contributed by atoms with Gasteiger partial charge in [-0.3, -0.25) is 9.69 Å². The summed E-state index contributed by atoms with van der Waals surface area (Å²) in [4.78, 5) is 19.1. The van der Waals surface area contributed by atoms with Gasteiger partial charge in [0.1, 0.15) is 0 Å². The van der Waals surface area contributed by atoms with Crippen LogP contribution in [0.3, 0.4) is 0 Å². The number of rotatable bonds is 3. The van der Waals surface area contributed by atoms with Gasteiger partial charge in [0, 0.05) is 58.0 Å². The first-order chi connectivity index (χ1) is 10.7. The van der Waals surface area contributed by atoms with Crippen molar-refractivity contribution in [2.45, 2.75) is 6.92 Å². The summed E-state index contributed by atoms with van der Waals surface area (Å²) in [5.74, 6) is 0.283. The fourth-order valence-corrected chi connectivity index (χ4v) is 3.20. The first-order valence-electron chi connectivity index (χ1n) is 8.25. The summed E-state index contributed by atoms with van der Waals surface area (Å²) >= 11 is 0. The normalized spacial score (nSPS) is 17.8. The number of hydrogen-bond acceptors (Lipinski definition) is 4. The van der Waals surface area contributed by atoms with E-state index in [1.165, 1.54) is 11.3 Å². The molecule has 2 saturated heterocycles. The SMILES string of the molecule is Cc1cccc(N2CCN(C(=O)CN3CCNCC3)CC2)c1.Cl.Cl.Cl. The van der Waals surface area contributed by atoms with Gasteiger partial charge in [0.25, 0.3) is 0 Å². The van der Waals surface area contributed by atoms with Gasteiger partial charge in [-0.2, -0.15) is 0 Å². The maximum atomic E-state index is 12.4. The van der Waals surface area contributed by atoms with Gasteiger partial charge in [-0.05, 0) is 24.6 Å². The summed E-state index contributed by atoms with van der Waals surface area (Å²) in [5.41, 5.74) is 2.56. The molecule has 2 aliphatic heterocycles. The largest absolute Gasteiger partial charge is 0.368 e. The molecule has 2 heterocycles. The van der Waals surface area contributed by atoms with Crippen molar-refractivity contribution in [2.75, 3.05) is 63.8 Å². The molecular formula is C17H29Cl3N4O. The molecule has 3 rings (SSSR count). The number of nitrogens with one attached hydrogen (secondary N) is 1. The standard InChI is InChI=1S/C17H26N4O.3ClH/c1-15-3-2-4-16(13-15)20-9-11-21(12-10-20)17(22)14-19-7-5-18-6-8-19;;;/h2-4,13,18H,5-12,14H2,1H3;3*1H. The Balaban J connectivity index is 0.00000192. The van der Waals surface area contributed by atoms with E-state index in [4.69, 9.17) is 0 Å². The summed E-state index contributed by atoms with van der Waals surface area (Å²) in [6, 6.07) is 8.60. The van der Waals surface area contributed by atoms with Crippen molar-refractivity contribution in [3.05, 3.63) is 29.8 Å². The lowest BCUT2D eigenvalue weighted by atomic mass is 10.2. The number of benzene rings is 1. The highest BCUT2D eigenvalue weighted by atomic mass is 35.5. The fourth-order valence-electron chi connectivity index (χ4n) is 3.20. The van der Waals surface area contributed by atoms with E-state index < -0.39 is 0 Å². The molecule has 0 saturated carbocycles. The Kier molecular flexibility index (Phi) is 11.5. The molecule has 144 valence electrons. The van der Waals surface area contributed by atoms with Crippen LogP contribution in [0, 0.1) is 6.92 Å². The van der Waals surface area contributed by atoms with Crippen molar-refractivity contribution in [3.63, 3.8) is 0 Å². The van der Waals surface area contributed by atoms with Gasteiger partial charge in [0.2, 0.25) is 5.91 Å². The van der Waals surface area contributed by atoms with Crippen LogP contribution in [0.4, 0.5) is 5.69 Å². The van der Waals surface area contributed by atoms with Gasteiger partial charge in [-0.25, -0.2) is 0 Å². The summed E-state index contributed by atoms with van der Waals surface area (Å²) in [7, 11) is 0. The van der Waals surface area contributed by atoms with Gasteiger partial charge < -0.3 is 15.1 Å². The van der Waals surface area contributed by atoms with Crippen LogP contribution in [0.5, 0.6) is 0 Å². The predicted octanol–water partition coefficient (Wildman–Crippen LogP) is 1.81. The molecular weight excluding hydrogens is 383 g/mol. The van der Waals surface area contributed by atoms with Crippen molar-refractivity contribution in [3.8, 4) is 0 Å². The third-order valence-corrected chi connectivity index (χ3v) is 4.57. The van der Waals surface area contributed by atoms with Crippen molar-refractivity contribution in [1.29, 1.82) is 0 Å². The summed E-state index contributed by atoms with van der Waals surface area (Å²) in [6.07, 6.45) is 0. The number of carbonyl (C=O) groups is 1. The van der Waals surface area contributed by atoms with Gasteiger partial charge in [-0.1, -0.05) is 12.1 Å². The molecule has 0 atom stereocenters. The zero-order valence-electron chi connectivity index (χ0n) is 14.6. The molecule has 2 aliphatic rings. The van der Waals surface area contributed by atoms with Crippen LogP contribution in [0.25, 0.3) is 0 Å². The number of hydrogen-bond donors (Lipinski definition) is 1. The number of carbonyl (C=O) groups excluding carboxylic acids is 1. The number of halogens is 3. The minimum atomic E-state index is 0. The second-order valence-electron chi connectivity index (χ2n) is 6.23. The van der Waals surface area contributed by atoms with Crippen molar-refractivity contribution >= 4 is 48.8 Å². The predicted molar refractivity (Wildman–Crippen MR) is 111 cm³/mol. The second kappa shape index (κ2) is 11.8. The molecule has 0 spiro atoms. The highest BCUT2D eigenvalue weighted by Crippen LogP contribution is 2.17. The lowest BCUT2D eigenvalue weighted by molar-refractivity contribution is -0.132. The lowest BCUT2D eigenvalue weighted by Gasteiger charge is -2.37. The maximum absolute atomic E-state index is 12.4. The molecule has 2 fully saturated rings. The first-order valence-corrected chi connectivity index (χ1v) is 8.25. The summed E-state index contributed by atoms with van der Waals surface area (Å²) in [6.45, 7) is 10.2. The van der Waals surface area contributed by atoms with E-state index >= 15 is 0 Å². The van der Waals surface area contributed by atoms with Crippen LogP contribution in [-0.4, -0.2) is 74.6 Å². The van der Waals surface area contributed by atoms with Crippen LogP contribution < -0.4 is 10.2 Å². The average molecular weight is 412 g/mol. The minimum absolute atomic E-state index is 0. The molecule has 8 heteroatoms. The Morgan fingerprint density at radius 2 is 1.64 bits per heavy atom. The van der Waals surface area contributed by atoms with E-state index in [-0.39, 0.29) is 43.1 Å². The van der Waals surface area contributed by atoms with E-state index in [1.54, 1.807) is 0 Å². The zero-order valence-corrected chi connectivity index (χ0v) is 17.1. The van der Waals surface area contributed by atoms with Crippen molar-refractivity contribution in [2.24, 2.45) is 0 Å². The number of amides is 1. The molecule has 0 aliphatic carbocycles. The van der Waals surface area contributed by atoms with Crippen LogP contribution in [-0.2, 0) is 4.79 Å². The van der Waals surface area contributed by atoms with Crippen LogP contribution in [0.1, 0.15) is 5.56 Å². The highest BCUT2D eigenvalue weighted by molar-refractivity contribution is 5.86. The fraction of sp³-hybridized carbons (Fsp3) is 0.588. The molecule has 25 heavy (non-hydrogen) atoms. The van der Waals surface area contributed by atoms with E-state index in [2.05, 4.69) is 46.3 Å². The zero-order chi connectivity index (χ0) is 15.4. The first kappa shape index (κ1) is 24.3. The number of nitrogens with zero attached hydrogens (tertiary/aromatic N) is 3. The van der Waals surface area contributed by atoms with Crippen molar-refractivity contribution in [1.82, 2.24) is 15.1 Å². The van der Waals surface area contributed by atoms with Crippen LogP contribution >= 0.6 is 37.2 Å². The number of piperazine rings is 2.